The van der Waals surface area contributed by atoms with E-state index in [1.807, 2.05) is 0 Å². The molecule has 0 spiro atoms. The highest BCUT2D eigenvalue weighted by Gasteiger charge is 2.34. The minimum atomic E-state index is -0.383. The lowest BCUT2D eigenvalue weighted by Crippen LogP contribution is -2.57. The second-order valence-electron chi connectivity index (χ2n) is 6.77. The number of hydrogen-bond acceptors (Lipinski definition) is 3. The molecule has 0 radical (unpaired) electrons. The molecular formula is C18H28N2O. The van der Waals surface area contributed by atoms with E-state index in [9.17, 15) is 4.79 Å². The Morgan fingerprint density at radius 2 is 1.67 bits per heavy atom. The van der Waals surface area contributed by atoms with Crippen LogP contribution in [0.4, 0.5) is 0 Å². The standard InChI is InChI=1S/C18H28N2O/c1-13-10-14(2)16(15(3)11-13)12-17(21)18(4,5)20-8-6-19-7-9-20/h10-11,19H,6-9,12H2,1-5H3. The largest absolute Gasteiger partial charge is 0.314 e. The first-order valence-electron chi connectivity index (χ1n) is 7.88. The van der Waals surface area contributed by atoms with Crippen LogP contribution < -0.4 is 5.32 Å². The number of piperazine rings is 1. The first-order chi connectivity index (χ1) is 9.82. The summed E-state index contributed by atoms with van der Waals surface area (Å²) < 4.78 is 0. The molecule has 116 valence electrons. The molecule has 0 aromatic heterocycles. The van der Waals surface area contributed by atoms with Gasteiger partial charge in [-0.3, -0.25) is 9.69 Å². The summed E-state index contributed by atoms with van der Waals surface area (Å²) in [5.74, 6) is 0.319. The molecule has 0 saturated carbocycles. The molecule has 1 aromatic rings. The maximum atomic E-state index is 12.9. The lowest BCUT2D eigenvalue weighted by Gasteiger charge is -2.40. The molecular weight excluding hydrogens is 260 g/mol. The van der Waals surface area contributed by atoms with E-state index in [2.05, 4.69) is 57.0 Å². The summed E-state index contributed by atoms with van der Waals surface area (Å²) in [6.45, 7) is 14.3. The molecule has 0 unspecified atom stereocenters. The van der Waals surface area contributed by atoms with Crippen molar-refractivity contribution < 1.29 is 4.79 Å². The molecule has 0 amide bonds. The number of carbonyl (C=O) groups is 1. The van der Waals surface area contributed by atoms with Crippen LogP contribution in [0.1, 0.15) is 36.1 Å². The molecule has 0 atom stereocenters. The predicted octanol–water partition coefficient (Wildman–Crippen LogP) is 2.41. The summed E-state index contributed by atoms with van der Waals surface area (Å²) in [5, 5.41) is 3.35. The summed E-state index contributed by atoms with van der Waals surface area (Å²) in [4.78, 5) is 15.2. The van der Waals surface area contributed by atoms with Crippen molar-refractivity contribution >= 4 is 5.78 Å². The summed E-state index contributed by atoms with van der Waals surface area (Å²) >= 11 is 0. The molecule has 3 heteroatoms. The van der Waals surface area contributed by atoms with Crippen LogP contribution in [0.2, 0.25) is 0 Å². The van der Waals surface area contributed by atoms with Gasteiger partial charge in [0, 0.05) is 32.6 Å². The van der Waals surface area contributed by atoms with Gasteiger partial charge in [0.25, 0.3) is 0 Å². The zero-order valence-corrected chi connectivity index (χ0v) is 14.0. The van der Waals surface area contributed by atoms with E-state index in [1.165, 1.54) is 22.3 Å². The highest BCUT2D eigenvalue weighted by molar-refractivity contribution is 5.90. The highest BCUT2D eigenvalue weighted by Crippen LogP contribution is 2.23. The Hall–Kier alpha value is -1.19. The monoisotopic (exact) mass is 288 g/mol. The summed E-state index contributed by atoms with van der Waals surface area (Å²) in [5.41, 5.74) is 4.55. The van der Waals surface area contributed by atoms with Crippen LogP contribution in [-0.4, -0.2) is 42.4 Å². The predicted molar refractivity (Wildman–Crippen MR) is 87.9 cm³/mol. The van der Waals surface area contributed by atoms with Crippen molar-refractivity contribution in [2.45, 2.75) is 46.6 Å². The topological polar surface area (TPSA) is 32.3 Å². The first kappa shape index (κ1) is 16.2. The molecule has 3 nitrogen and oxygen atoms in total. The van der Waals surface area contributed by atoms with E-state index in [0.29, 0.717) is 12.2 Å². The third-order valence-electron chi connectivity index (χ3n) is 4.77. The van der Waals surface area contributed by atoms with E-state index in [1.54, 1.807) is 0 Å². The molecule has 1 aliphatic heterocycles. The van der Waals surface area contributed by atoms with E-state index in [4.69, 9.17) is 0 Å². The average molecular weight is 288 g/mol. The molecule has 1 N–H and O–H groups in total. The number of Topliss-reactive ketones (excluding diaryl/α,β-unsaturated/α-hetero) is 1. The Morgan fingerprint density at radius 3 is 2.19 bits per heavy atom. The number of nitrogens with one attached hydrogen (secondary N) is 1. The van der Waals surface area contributed by atoms with Gasteiger partial charge in [0.2, 0.25) is 0 Å². The SMILES string of the molecule is Cc1cc(C)c(CC(=O)C(C)(C)N2CCNCC2)c(C)c1. The molecule has 0 aliphatic carbocycles. The van der Waals surface area contributed by atoms with Gasteiger partial charge in [0.05, 0.1) is 5.54 Å². The van der Waals surface area contributed by atoms with Gasteiger partial charge >= 0.3 is 0 Å². The second-order valence-corrected chi connectivity index (χ2v) is 6.77. The summed E-state index contributed by atoms with van der Waals surface area (Å²) in [7, 11) is 0. The molecule has 0 bridgehead atoms. The Balaban J connectivity index is 2.17. The summed E-state index contributed by atoms with van der Waals surface area (Å²) in [6, 6.07) is 4.35. The van der Waals surface area contributed by atoms with Crippen LogP contribution in [0.15, 0.2) is 12.1 Å². The fraction of sp³-hybridized carbons (Fsp3) is 0.611. The van der Waals surface area contributed by atoms with Gasteiger partial charge in [-0.25, -0.2) is 0 Å². The fourth-order valence-electron chi connectivity index (χ4n) is 3.27. The molecule has 21 heavy (non-hydrogen) atoms. The quantitative estimate of drug-likeness (QED) is 0.923. The Kier molecular flexibility index (Phi) is 4.84. The number of nitrogens with zero attached hydrogens (tertiary/aromatic N) is 1. The van der Waals surface area contributed by atoms with Gasteiger partial charge in [-0.15, -0.1) is 0 Å². The van der Waals surface area contributed by atoms with Gasteiger partial charge in [0.15, 0.2) is 5.78 Å². The van der Waals surface area contributed by atoms with Crippen molar-refractivity contribution in [3.05, 3.63) is 34.4 Å². The smallest absolute Gasteiger partial charge is 0.156 e. The normalized spacial score (nSPS) is 17.0. The Morgan fingerprint density at radius 1 is 1.14 bits per heavy atom. The number of rotatable bonds is 4. The van der Waals surface area contributed by atoms with Crippen molar-refractivity contribution in [3.8, 4) is 0 Å². The van der Waals surface area contributed by atoms with Gasteiger partial charge in [-0.1, -0.05) is 17.7 Å². The van der Waals surface area contributed by atoms with Crippen LogP contribution in [0.5, 0.6) is 0 Å². The van der Waals surface area contributed by atoms with Crippen LogP contribution >= 0.6 is 0 Å². The number of hydrogen-bond donors (Lipinski definition) is 1. The maximum absolute atomic E-state index is 12.9. The zero-order valence-electron chi connectivity index (χ0n) is 14.0. The molecule has 2 rings (SSSR count). The molecule has 1 aromatic carbocycles. The van der Waals surface area contributed by atoms with Crippen molar-refractivity contribution in [2.24, 2.45) is 0 Å². The first-order valence-corrected chi connectivity index (χ1v) is 7.88. The van der Waals surface area contributed by atoms with E-state index >= 15 is 0 Å². The van der Waals surface area contributed by atoms with Crippen LogP contribution in [0.3, 0.4) is 0 Å². The third kappa shape index (κ3) is 3.53. The minimum absolute atomic E-state index is 0.319. The van der Waals surface area contributed by atoms with Gasteiger partial charge in [-0.05, 0) is 51.3 Å². The molecule has 1 heterocycles. The van der Waals surface area contributed by atoms with E-state index < -0.39 is 0 Å². The lowest BCUT2D eigenvalue weighted by atomic mass is 9.87. The van der Waals surface area contributed by atoms with Crippen molar-refractivity contribution in [3.63, 3.8) is 0 Å². The highest BCUT2D eigenvalue weighted by atomic mass is 16.1. The average Bonchev–Trinajstić information content (AvgIpc) is 2.43. The lowest BCUT2D eigenvalue weighted by molar-refractivity contribution is -0.129. The van der Waals surface area contributed by atoms with Gasteiger partial charge in [-0.2, -0.15) is 0 Å². The second kappa shape index (κ2) is 6.29. The molecule has 1 fully saturated rings. The molecule has 1 saturated heterocycles. The van der Waals surface area contributed by atoms with Crippen molar-refractivity contribution in [1.29, 1.82) is 0 Å². The van der Waals surface area contributed by atoms with Crippen molar-refractivity contribution in [2.75, 3.05) is 26.2 Å². The van der Waals surface area contributed by atoms with Crippen LogP contribution in [-0.2, 0) is 11.2 Å². The number of ketones is 1. The Labute approximate surface area is 128 Å². The minimum Gasteiger partial charge on any atom is -0.314 e. The van der Waals surface area contributed by atoms with Crippen LogP contribution in [0.25, 0.3) is 0 Å². The van der Waals surface area contributed by atoms with Gasteiger partial charge < -0.3 is 5.32 Å². The van der Waals surface area contributed by atoms with E-state index in [0.717, 1.165) is 26.2 Å². The van der Waals surface area contributed by atoms with Crippen LogP contribution in [0, 0.1) is 20.8 Å². The Bertz CT molecular complexity index is 505. The maximum Gasteiger partial charge on any atom is 0.156 e. The summed E-state index contributed by atoms with van der Waals surface area (Å²) in [6.07, 6.45) is 0.537. The number of aryl methyl sites for hydroxylation is 3. The fourth-order valence-corrected chi connectivity index (χ4v) is 3.27. The number of carbonyl (C=O) groups excluding carboxylic acids is 1. The molecule has 1 aliphatic rings. The van der Waals surface area contributed by atoms with Gasteiger partial charge in [0.1, 0.15) is 0 Å². The van der Waals surface area contributed by atoms with Crippen molar-refractivity contribution in [1.82, 2.24) is 10.2 Å². The third-order valence-corrected chi connectivity index (χ3v) is 4.77. The zero-order chi connectivity index (χ0) is 15.6. The number of benzene rings is 1. The van der Waals surface area contributed by atoms with E-state index in [-0.39, 0.29) is 5.54 Å².